The number of nitrogens with zero attached hydrogens (tertiary/aromatic N) is 2. The van der Waals surface area contributed by atoms with Gasteiger partial charge in [0.05, 0.1) is 17.2 Å². The van der Waals surface area contributed by atoms with Crippen molar-refractivity contribution in [1.29, 1.82) is 0 Å². The second-order valence-electron chi connectivity index (χ2n) is 4.74. The molecule has 1 heterocycles. The molecule has 0 aliphatic heterocycles. The molecule has 2 aromatic carbocycles. The molecule has 0 saturated carbocycles. The Balaban J connectivity index is 1.96. The van der Waals surface area contributed by atoms with Crippen LogP contribution >= 0.6 is 0 Å². The third-order valence-corrected chi connectivity index (χ3v) is 3.39. The Morgan fingerprint density at radius 2 is 1.60 bits per heavy atom. The highest BCUT2D eigenvalue weighted by atomic mass is 16.1. The number of fused-ring (bicyclic) bond motifs is 1. The normalized spacial score (nSPS) is 12.2. The molecule has 0 saturated heterocycles. The van der Waals surface area contributed by atoms with E-state index in [0.717, 1.165) is 16.6 Å². The SMILES string of the molecule is CC(C(=O)c1cnc2ccccc2n1)c1ccccc1. The van der Waals surface area contributed by atoms with Gasteiger partial charge in [-0.05, 0) is 17.7 Å². The first-order valence-corrected chi connectivity index (χ1v) is 6.56. The average Bonchev–Trinajstić information content (AvgIpc) is 2.54. The Bertz CT molecular complexity index is 753. The molecule has 0 spiro atoms. The van der Waals surface area contributed by atoms with Crippen LogP contribution in [-0.2, 0) is 0 Å². The van der Waals surface area contributed by atoms with Crippen LogP contribution in [-0.4, -0.2) is 15.8 Å². The highest BCUT2D eigenvalue weighted by molar-refractivity contribution is 6.00. The minimum Gasteiger partial charge on any atom is -0.292 e. The summed E-state index contributed by atoms with van der Waals surface area (Å²) in [5.74, 6) is -0.221. The Labute approximate surface area is 117 Å². The van der Waals surface area contributed by atoms with E-state index in [1.54, 1.807) is 6.20 Å². The molecule has 0 aliphatic rings. The summed E-state index contributed by atoms with van der Waals surface area (Å²) in [4.78, 5) is 21.2. The quantitative estimate of drug-likeness (QED) is 0.677. The first-order valence-electron chi connectivity index (χ1n) is 6.56. The fraction of sp³-hybridized carbons (Fsp3) is 0.118. The van der Waals surface area contributed by atoms with E-state index in [-0.39, 0.29) is 11.7 Å². The van der Waals surface area contributed by atoms with Crippen LogP contribution in [0.1, 0.15) is 28.9 Å². The standard InChI is InChI=1S/C17H14N2O/c1-12(13-7-3-2-4-8-13)17(20)16-11-18-14-9-5-6-10-15(14)19-16/h2-12H,1H3. The zero-order valence-corrected chi connectivity index (χ0v) is 11.2. The Hall–Kier alpha value is -2.55. The van der Waals surface area contributed by atoms with Crippen molar-refractivity contribution in [2.45, 2.75) is 12.8 Å². The van der Waals surface area contributed by atoms with E-state index in [1.807, 2.05) is 61.5 Å². The van der Waals surface area contributed by atoms with Crippen LogP contribution < -0.4 is 0 Å². The minimum absolute atomic E-state index is 0.00514. The molecule has 3 heteroatoms. The van der Waals surface area contributed by atoms with Crippen molar-refractivity contribution in [3.05, 3.63) is 72.1 Å². The molecular weight excluding hydrogens is 248 g/mol. The number of carbonyl (C=O) groups excluding carboxylic acids is 1. The molecule has 0 fully saturated rings. The maximum absolute atomic E-state index is 12.5. The number of hydrogen-bond acceptors (Lipinski definition) is 3. The number of hydrogen-bond donors (Lipinski definition) is 0. The Morgan fingerprint density at radius 3 is 2.35 bits per heavy atom. The molecule has 1 atom stereocenters. The lowest BCUT2D eigenvalue weighted by Crippen LogP contribution is -2.12. The summed E-state index contributed by atoms with van der Waals surface area (Å²) in [6.07, 6.45) is 1.56. The number of rotatable bonds is 3. The number of ketones is 1. The predicted molar refractivity (Wildman–Crippen MR) is 78.7 cm³/mol. The molecule has 0 amide bonds. The highest BCUT2D eigenvalue weighted by Crippen LogP contribution is 2.20. The van der Waals surface area contributed by atoms with Crippen LogP contribution in [0.2, 0.25) is 0 Å². The summed E-state index contributed by atoms with van der Waals surface area (Å²) in [6.45, 7) is 1.90. The lowest BCUT2D eigenvalue weighted by Gasteiger charge is -2.10. The van der Waals surface area contributed by atoms with Crippen LogP contribution in [0, 0.1) is 0 Å². The van der Waals surface area contributed by atoms with E-state index in [4.69, 9.17) is 0 Å². The van der Waals surface area contributed by atoms with Gasteiger partial charge in [0.2, 0.25) is 0 Å². The fourth-order valence-corrected chi connectivity index (χ4v) is 2.19. The van der Waals surface area contributed by atoms with E-state index in [0.29, 0.717) is 5.69 Å². The maximum Gasteiger partial charge on any atom is 0.189 e. The summed E-state index contributed by atoms with van der Waals surface area (Å²) in [7, 11) is 0. The van der Waals surface area contributed by atoms with Gasteiger partial charge >= 0.3 is 0 Å². The first-order chi connectivity index (χ1) is 9.75. The van der Waals surface area contributed by atoms with Gasteiger partial charge in [-0.3, -0.25) is 9.78 Å². The molecule has 3 nitrogen and oxygen atoms in total. The zero-order valence-electron chi connectivity index (χ0n) is 11.2. The zero-order chi connectivity index (χ0) is 13.9. The van der Waals surface area contributed by atoms with Gasteiger partial charge in [0, 0.05) is 5.92 Å². The number of para-hydroxylation sites is 2. The summed E-state index contributed by atoms with van der Waals surface area (Å²) >= 11 is 0. The lowest BCUT2D eigenvalue weighted by atomic mass is 9.95. The molecule has 0 radical (unpaired) electrons. The summed E-state index contributed by atoms with van der Waals surface area (Å²) in [6, 6.07) is 17.3. The third kappa shape index (κ3) is 2.30. The summed E-state index contributed by atoms with van der Waals surface area (Å²) in [5, 5.41) is 0. The molecule has 20 heavy (non-hydrogen) atoms. The van der Waals surface area contributed by atoms with Crippen molar-refractivity contribution in [1.82, 2.24) is 9.97 Å². The Morgan fingerprint density at radius 1 is 0.950 bits per heavy atom. The largest absolute Gasteiger partial charge is 0.292 e. The van der Waals surface area contributed by atoms with E-state index >= 15 is 0 Å². The molecule has 0 aliphatic carbocycles. The van der Waals surface area contributed by atoms with Gasteiger partial charge in [0.15, 0.2) is 5.78 Å². The third-order valence-electron chi connectivity index (χ3n) is 3.39. The van der Waals surface area contributed by atoms with Crippen LogP contribution in [0.4, 0.5) is 0 Å². The smallest absolute Gasteiger partial charge is 0.189 e. The van der Waals surface area contributed by atoms with Gasteiger partial charge in [-0.2, -0.15) is 0 Å². The van der Waals surface area contributed by atoms with E-state index < -0.39 is 0 Å². The van der Waals surface area contributed by atoms with Crippen molar-refractivity contribution in [3.63, 3.8) is 0 Å². The average molecular weight is 262 g/mol. The van der Waals surface area contributed by atoms with Gasteiger partial charge in [-0.15, -0.1) is 0 Å². The van der Waals surface area contributed by atoms with Crippen molar-refractivity contribution in [2.75, 3.05) is 0 Å². The number of carbonyl (C=O) groups is 1. The van der Waals surface area contributed by atoms with Crippen molar-refractivity contribution >= 4 is 16.8 Å². The van der Waals surface area contributed by atoms with Gasteiger partial charge in [0.1, 0.15) is 5.69 Å². The second-order valence-corrected chi connectivity index (χ2v) is 4.74. The van der Waals surface area contributed by atoms with Crippen molar-refractivity contribution < 1.29 is 4.79 Å². The summed E-state index contributed by atoms with van der Waals surface area (Å²) < 4.78 is 0. The number of Topliss-reactive ketones (excluding diaryl/α,β-unsaturated/α-hetero) is 1. The van der Waals surface area contributed by atoms with Gasteiger partial charge in [-0.25, -0.2) is 4.98 Å². The molecular formula is C17H14N2O. The van der Waals surface area contributed by atoms with E-state index in [2.05, 4.69) is 9.97 Å². The minimum atomic E-state index is -0.216. The van der Waals surface area contributed by atoms with Crippen LogP contribution in [0.3, 0.4) is 0 Å². The topological polar surface area (TPSA) is 42.9 Å². The molecule has 0 N–H and O–H groups in total. The van der Waals surface area contributed by atoms with Gasteiger partial charge in [-0.1, -0.05) is 49.4 Å². The molecule has 3 rings (SSSR count). The lowest BCUT2D eigenvalue weighted by molar-refractivity contribution is 0.0961. The van der Waals surface area contributed by atoms with E-state index in [9.17, 15) is 4.79 Å². The highest BCUT2D eigenvalue weighted by Gasteiger charge is 2.18. The summed E-state index contributed by atoms with van der Waals surface area (Å²) in [5.41, 5.74) is 2.96. The number of aromatic nitrogens is 2. The molecule has 98 valence electrons. The monoisotopic (exact) mass is 262 g/mol. The van der Waals surface area contributed by atoms with Crippen molar-refractivity contribution in [2.24, 2.45) is 0 Å². The second kappa shape index (κ2) is 5.21. The molecule has 1 aromatic heterocycles. The van der Waals surface area contributed by atoms with E-state index in [1.165, 1.54) is 0 Å². The maximum atomic E-state index is 12.5. The fourth-order valence-electron chi connectivity index (χ4n) is 2.19. The number of benzene rings is 2. The first kappa shape index (κ1) is 12.5. The van der Waals surface area contributed by atoms with Crippen LogP contribution in [0.15, 0.2) is 60.8 Å². The van der Waals surface area contributed by atoms with Gasteiger partial charge < -0.3 is 0 Å². The van der Waals surface area contributed by atoms with Crippen LogP contribution in [0.5, 0.6) is 0 Å². The predicted octanol–water partition coefficient (Wildman–Crippen LogP) is 3.62. The molecule has 0 bridgehead atoms. The Kier molecular flexibility index (Phi) is 3.25. The molecule has 1 unspecified atom stereocenters. The van der Waals surface area contributed by atoms with Crippen LogP contribution in [0.25, 0.3) is 11.0 Å². The van der Waals surface area contributed by atoms with Gasteiger partial charge in [0.25, 0.3) is 0 Å². The van der Waals surface area contributed by atoms with Crippen molar-refractivity contribution in [3.8, 4) is 0 Å². The molecule has 3 aromatic rings.